The van der Waals surface area contributed by atoms with Gasteiger partial charge >= 0.3 is 0 Å². The van der Waals surface area contributed by atoms with E-state index >= 15 is 0 Å². The molecule has 0 aliphatic carbocycles. The molecule has 0 saturated carbocycles. The number of amides is 1. The number of nitrogens with zero attached hydrogens (tertiary/aromatic N) is 2. The third-order valence-electron chi connectivity index (χ3n) is 3.65. The lowest BCUT2D eigenvalue weighted by molar-refractivity contribution is -0.162. The molecule has 8 nitrogen and oxygen atoms in total. The zero-order valence-corrected chi connectivity index (χ0v) is 13.2. The van der Waals surface area contributed by atoms with Crippen molar-refractivity contribution in [2.45, 2.75) is 5.60 Å². The Hall–Kier alpha value is -0.740. The summed E-state index contributed by atoms with van der Waals surface area (Å²) in [6.07, 6.45) is 1.17. The lowest BCUT2D eigenvalue weighted by Crippen LogP contribution is -2.60. The molecule has 0 radical (unpaired) electrons. The summed E-state index contributed by atoms with van der Waals surface area (Å²) in [7, 11) is -1.86. The number of sulfonamides is 1. The highest BCUT2D eigenvalue weighted by atomic mass is 32.2. The molecule has 1 spiro atoms. The Kier molecular flexibility index (Phi) is 5.20. The van der Waals surface area contributed by atoms with Crippen LogP contribution in [0.25, 0.3) is 0 Å². The molecule has 0 aromatic heterocycles. The molecule has 2 saturated heterocycles. The summed E-state index contributed by atoms with van der Waals surface area (Å²) >= 11 is 0. The Labute approximate surface area is 125 Å². The molecular weight excluding hydrogens is 300 g/mol. The fourth-order valence-corrected chi connectivity index (χ4v) is 3.49. The molecule has 2 aliphatic rings. The van der Waals surface area contributed by atoms with Gasteiger partial charge in [0.1, 0.15) is 12.2 Å². The average Bonchev–Trinajstić information content (AvgIpc) is 2.62. The number of morpholine rings is 1. The molecule has 0 N–H and O–H groups in total. The van der Waals surface area contributed by atoms with Gasteiger partial charge in [-0.2, -0.15) is 4.31 Å². The Morgan fingerprint density at radius 2 is 2.05 bits per heavy atom. The van der Waals surface area contributed by atoms with Gasteiger partial charge in [-0.15, -0.1) is 0 Å². The molecule has 0 aromatic carbocycles. The van der Waals surface area contributed by atoms with E-state index < -0.39 is 15.6 Å². The number of rotatable bonds is 3. The van der Waals surface area contributed by atoms with Gasteiger partial charge in [-0.25, -0.2) is 8.42 Å². The fraction of sp³-hybridized carbons (Fsp3) is 0.917. The minimum atomic E-state index is -3.33. The Balaban J connectivity index is 2.13. The first-order chi connectivity index (χ1) is 9.86. The quantitative estimate of drug-likeness (QED) is 0.630. The van der Waals surface area contributed by atoms with Gasteiger partial charge in [-0.3, -0.25) is 4.79 Å². The summed E-state index contributed by atoms with van der Waals surface area (Å²) in [4.78, 5) is 13.6. The highest BCUT2D eigenvalue weighted by molar-refractivity contribution is 7.88. The van der Waals surface area contributed by atoms with Crippen LogP contribution in [-0.4, -0.2) is 95.1 Å². The van der Waals surface area contributed by atoms with Crippen molar-refractivity contribution in [1.29, 1.82) is 0 Å². The highest BCUT2D eigenvalue weighted by Gasteiger charge is 2.43. The highest BCUT2D eigenvalue weighted by Crippen LogP contribution is 2.23. The van der Waals surface area contributed by atoms with Gasteiger partial charge in [0.25, 0.3) is 0 Å². The molecule has 122 valence electrons. The van der Waals surface area contributed by atoms with Gasteiger partial charge in [0.05, 0.1) is 32.6 Å². The van der Waals surface area contributed by atoms with Gasteiger partial charge in [0, 0.05) is 26.7 Å². The molecule has 2 rings (SSSR count). The summed E-state index contributed by atoms with van der Waals surface area (Å²) in [5.41, 5.74) is -0.804. The van der Waals surface area contributed by atoms with E-state index in [9.17, 15) is 13.2 Å². The smallest absolute Gasteiger partial charge is 0.248 e. The first kappa shape index (κ1) is 16.6. The van der Waals surface area contributed by atoms with Crippen molar-refractivity contribution in [3.05, 3.63) is 0 Å². The monoisotopic (exact) mass is 322 g/mol. The second-order valence-corrected chi connectivity index (χ2v) is 7.41. The second kappa shape index (κ2) is 6.57. The van der Waals surface area contributed by atoms with Crippen LogP contribution in [0.4, 0.5) is 0 Å². The molecule has 9 heteroatoms. The van der Waals surface area contributed by atoms with Crippen molar-refractivity contribution in [3.8, 4) is 0 Å². The Morgan fingerprint density at radius 1 is 1.29 bits per heavy atom. The predicted molar refractivity (Wildman–Crippen MR) is 74.4 cm³/mol. The minimum absolute atomic E-state index is 0.00667. The molecule has 1 amide bonds. The molecular formula is C12H22N2O6S. The number of carbonyl (C=O) groups excluding carboxylic acids is 1. The second-order valence-electron chi connectivity index (χ2n) is 5.43. The molecule has 2 aliphatic heterocycles. The number of ether oxygens (including phenoxy) is 3. The summed E-state index contributed by atoms with van der Waals surface area (Å²) in [6, 6.07) is 0. The maximum absolute atomic E-state index is 12.0. The standard InChI is InChI=1S/C12H22N2O6S/c1-18-7-11(15)13-3-6-20-12(8-13)9-14(21(2,16)17)4-5-19-10-12/h3-10H2,1-2H3/t12-/m1/s1. The van der Waals surface area contributed by atoms with Gasteiger partial charge in [-0.1, -0.05) is 0 Å². The van der Waals surface area contributed by atoms with Crippen molar-refractivity contribution in [2.24, 2.45) is 0 Å². The third kappa shape index (κ3) is 4.13. The summed E-state index contributed by atoms with van der Waals surface area (Å²) in [5, 5.41) is 0. The number of hydrogen-bond donors (Lipinski definition) is 0. The zero-order chi connectivity index (χ0) is 15.5. The number of hydrogen-bond acceptors (Lipinski definition) is 6. The summed E-state index contributed by atoms with van der Waals surface area (Å²) in [5.74, 6) is -0.129. The van der Waals surface area contributed by atoms with Crippen molar-refractivity contribution < 1.29 is 27.4 Å². The van der Waals surface area contributed by atoms with Gasteiger partial charge in [0.2, 0.25) is 15.9 Å². The Morgan fingerprint density at radius 3 is 2.71 bits per heavy atom. The topological polar surface area (TPSA) is 85.4 Å². The van der Waals surface area contributed by atoms with Crippen LogP contribution in [0.15, 0.2) is 0 Å². The van der Waals surface area contributed by atoms with Crippen LogP contribution in [0.2, 0.25) is 0 Å². The van der Waals surface area contributed by atoms with E-state index in [1.165, 1.54) is 17.7 Å². The van der Waals surface area contributed by atoms with Crippen molar-refractivity contribution in [1.82, 2.24) is 9.21 Å². The van der Waals surface area contributed by atoms with Gasteiger partial charge < -0.3 is 19.1 Å². The lowest BCUT2D eigenvalue weighted by atomic mass is 10.0. The molecule has 21 heavy (non-hydrogen) atoms. The Bertz CT molecular complexity index is 482. The minimum Gasteiger partial charge on any atom is -0.377 e. The number of methoxy groups -OCH3 is 1. The molecule has 1 atom stereocenters. The van der Waals surface area contributed by atoms with Crippen LogP contribution in [0.5, 0.6) is 0 Å². The summed E-state index contributed by atoms with van der Waals surface area (Å²) < 4.78 is 41.1. The van der Waals surface area contributed by atoms with E-state index in [1.807, 2.05) is 0 Å². The molecule has 0 bridgehead atoms. The zero-order valence-electron chi connectivity index (χ0n) is 12.4. The SMILES string of the molecule is COCC(=O)N1CCO[C@]2(COCCN(S(C)(=O)=O)C2)C1. The van der Waals surface area contributed by atoms with Crippen LogP contribution in [0, 0.1) is 0 Å². The van der Waals surface area contributed by atoms with Crippen molar-refractivity contribution >= 4 is 15.9 Å². The van der Waals surface area contributed by atoms with E-state index in [1.54, 1.807) is 4.90 Å². The van der Waals surface area contributed by atoms with Crippen LogP contribution in [0.3, 0.4) is 0 Å². The van der Waals surface area contributed by atoms with Gasteiger partial charge in [0.15, 0.2) is 0 Å². The fourth-order valence-electron chi connectivity index (χ4n) is 2.61. The molecule has 0 aromatic rings. The largest absolute Gasteiger partial charge is 0.377 e. The van der Waals surface area contributed by atoms with Gasteiger partial charge in [-0.05, 0) is 0 Å². The van der Waals surface area contributed by atoms with E-state index in [2.05, 4.69) is 0 Å². The van der Waals surface area contributed by atoms with Crippen molar-refractivity contribution in [3.63, 3.8) is 0 Å². The van der Waals surface area contributed by atoms with Crippen molar-refractivity contribution in [2.75, 3.05) is 66.0 Å². The number of carbonyl (C=O) groups is 1. The van der Waals surface area contributed by atoms with Crippen LogP contribution >= 0.6 is 0 Å². The summed E-state index contributed by atoms with van der Waals surface area (Å²) in [6.45, 7) is 2.24. The van der Waals surface area contributed by atoms with E-state index in [4.69, 9.17) is 14.2 Å². The van der Waals surface area contributed by atoms with E-state index in [0.29, 0.717) is 32.8 Å². The van der Waals surface area contributed by atoms with E-state index in [-0.39, 0.29) is 25.7 Å². The van der Waals surface area contributed by atoms with E-state index in [0.717, 1.165) is 0 Å². The van der Waals surface area contributed by atoms with Crippen LogP contribution in [-0.2, 0) is 29.0 Å². The van der Waals surface area contributed by atoms with Crippen LogP contribution < -0.4 is 0 Å². The van der Waals surface area contributed by atoms with Crippen LogP contribution in [0.1, 0.15) is 0 Å². The first-order valence-electron chi connectivity index (χ1n) is 6.80. The average molecular weight is 322 g/mol. The predicted octanol–water partition coefficient (Wildman–Crippen LogP) is -1.48. The molecule has 0 unspecified atom stereocenters. The molecule has 2 fully saturated rings. The lowest BCUT2D eigenvalue weighted by Gasteiger charge is -2.42. The maximum Gasteiger partial charge on any atom is 0.248 e. The first-order valence-corrected chi connectivity index (χ1v) is 8.65. The normalized spacial score (nSPS) is 28.6. The third-order valence-corrected chi connectivity index (χ3v) is 4.90. The molecule has 2 heterocycles. The maximum atomic E-state index is 12.0.